The van der Waals surface area contributed by atoms with Crippen LogP contribution < -0.4 is 11.1 Å². The van der Waals surface area contributed by atoms with Crippen molar-refractivity contribution in [3.05, 3.63) is 72.1 Å². The van der Waals surface area contributed by atoms with Crippen molar-refractivity contribution in [1.29, 1.82) is 0 Å². The molecule has 2 aromatic carbocycles. The first-order chi connectivity index (χ1) is 11.7. The van der Waals surface area contributed by atoms with Crippen molar-refractivity contribution < 1.29 is 9.90 Å². The second-order valence-corrected chi connectivity index (χ2v) is 5.62. The monoisotopic (exact) mass is 321 g/mol. The molecular weight excluding hydrogens is 302 g/mol. The number of carbonyl (C=O) groups excluding carboxylic acids is 1. The number of hydrogen-bond acceptors (Lipinski definition) is 4. The van der Waals surface area contributed by atoms with E-state index in [0.29, 0.717) is 0 Å². The van der Waals surface area contributed by atoms with E-state index in [1.54, 1.807) is 12.4 Å². The fourth-order valence-electron chi connectivity index (χ4n) is 2.69. The van der Waals surface area contributed by atoms with Crippen LogP contribution in [0.5, 0.6) is 0 Å². The average molecular weight is 321 g/mol. The molecule has 1 amide bonds. The summed E-state index contributed by atoms with van der Waals surface area (Å²) in [6.07, 6.45) is 3.50. The maximum Gasteiger partial charge on any atom is 0.233 e. The minimum atomic E-state index is -0.468. The smallest absolute Gasteiger partial charge is 0.233 e. The van der Waals surface area contributed by atoms with E-state index < -0.39 is 5.92 Å². The zero-order chi connectivity index (χ0) is 16.9. The summed E-state index contributed by atoms with van der Waals surface area (Å²) in [5.74, 6) is -0.634. The van der Waals surface area contributed by atoms with Gasteiger partial charge in [0.25, 0.3) is 0 Å². The van der Waals surface area contributed by atoms with Crippen molar-refractivity contribution in [2.45, 2.75) is 12.5 Å². The molecule has 4 N–H and O–H groups in total. The van der Waals surface area contributed by atoms with Crippen LogP contribution in [0, 0.1) is 0 Å². The normalized spacial score (nSPS) is 12.1. The van der Waals surface area contributed by atoms with E-state index in [0.717, 1.165) is 27.6 Å². The van der Waals surface area contributed by atoms with E-state index in [1.165, 1.54) is 0 Å². The van der Waals surface area contributed by atoms with Gasteiger partial charge in [0.05, 0.1) is 12.5 Å². The van der Waals surface area contributed by atoms with Crippen LogP contribution in [0.1, 0.15) is 17.0 Å². The highest BCUT2D eigenvalue weighted by molar-refractivity contribution is 5.98. The number of fused-ring (bicyclic) bond motifs is 1. The fourth-order valence-corrected chi connectivity index (χ4v) is 2.69. The van der Waals surface area contributed by atoms with Crippen LogP contribution in [-0.4, -0.2) is 22.5 Å². The number of carbonyl (C=O) groups is 1. The Balaban J connectivity index is 1.82. The Kier molecular flexibility index (Phi) is 4.84. The Morgan fingerprint density at radius 2 is 2.04 bits per heavy atom. The van der Waals surface area contributed by atoms with Crippen molar-refractivity contribution >= 4 is 22.4 Å². The third-order valence-corrected chi connectivity index (χ3v) is 4.00. The first-order valence-electron chi connectivity index (χ1n) is 7.75. The predicted octanol–water partition coefficient (Wildman–Crippen LogP) is 2.41. The van der Waals surface area contributed by atoms with Crippen molar-refractivity contribution in [2.75, 3.05) is 11.9 Å². The molecule has 0 saturated carbocycles. The van der Waals surface area contributed by atoms with Crippen molar-refractivity contribution in [3.8, 4) is 0 Å². The number of anilines is 1. The van der Waals surface area contributed by atoms with E-state index in [1.807, 2.05) is 48.5 Å². The largest absolute Gasteiger partial charge is 0.392 e. The molecule has 5 nitrogen and oxygen atoms in total. The molecule has 0 spiro atoms. The fraction of sp³-hybridized carbons (Fsp3) is 0.158. The summed E-state index contributed by atoms with van der Waals surface area (Å²) < 4.78 is 0. The maximum atomic E-state index is 12.6. The van der Waals surface area contributed by atoms with Gasteiger partial charge < -0.3 is 16.2 Å². The minimum absolute atomic E-state index is 0.0640. The molecule has 0 aliphatic rings. The quantitative estimate of drug-likeness (QED) is 0.673. The number of benzene rings is 2. The Morgan fingerprint density at radius 1 is 1.17 bits per heavy atom. The topological polar surface area (TPSA) is 88.2 Å². The van der Waals surface area contributed by atoms with Crippen molar-refractivity contribution in [3.63, 3.8) is 0 Å². The number of pyridine rings is 1. The van der Waals surface area contributed by atoms with E-state index >= 15 is 0 Å². The number of aliphatic hydroxyl groups excluding tert-OH is 1. The van der Waals surface area contributed by atoms with Crippen molar-refractivity contribution in [2.24, 2.45) is 5.73 Å². The molecule has 1 aromatic heterocycles. The number of nitrogens with zero attached hydrogens (tertiary/aromatic N) is 1. The van der Waals surface area contributed by atoms with E-state index in [2.05, 4.69) is 10.3 Å². The molecule has 3 rings (SSSR count). The molecular formula is C19H19N3O2. The van der Waals surface area contributed by atoms with E-state index in [4.69, 9.17) is 5.73 Å². The lowest BCUT2D eigenvalue weighted by Gasteiger charge is -2.16. The first-order valence-corrected chi connectivity index (χ1v) is 7.75. The molecule has 24 heavy (non-hydrogen) atoms. The second kappa shape index (κ2) is 7.21. The van der Waals surface area contributed by atoms with Gasteiger partial charge in [-0.05, 0) is 34.7 Å². The standard InChI is InChI=1S/C19H19N3O2/c20-10-18(15-3-1-2-13(8-15)12-23)19(24)22-17-5-4-16-11-21-7-6-14(16)9-17/h1-9,11,18,23H,10,12,20H2,(H,22,24). The molecule has 1 unspecified atom stereocenters. The molecule has 0 fully saturated rings. The van der Waals surface area contributed by atoms with Crippen LogP contribution in [-0.2, 0) is 11.4 Å². The van der Waals surface area contributed by atoms with Crippen LogP contribution in [0.2, 0.25) is 0 Å². The summed E-state index contributed by atoms with van der Waals surface area (Å²) in [6.45, 7) is 0.129. The number of amides is 1. The number of nitrogens with one attached hydrogen (secondary N) is 1. The van der Waals surface area contributed by atoms with Gasteiger partial charge in [0.2, 0.25) is 5.91 Å². The van der Waals surface area contributed by atoms with Crippen LogP contribution in [0.25, 0.3) is 10.8 Å². The van der Waals surface area contributed by atoms with E-state index in [-0.39, 0.29) is 19.1 Å². The number of aliphatic hydroxyl groups is 1. The molecule has 122 valence electrons. The predicted molar refractivity (Wildman–Crippen MR) is 94.5 cm³/mol. The molecule has 0 aliphatic heterocycles. The summed E-state index contributed by atoms with van der Waals surface area (Å²) in [7, 11) is 0. The van der Waals surface area contributed by atoms with Crippen LogP contribution in [0.15, 0.2) is 60.9 Å². The summed E-state index contributed by atoms with van der Waals surface area (Å²) in [5, 5.41) is 14.2. The van der Waals surface area contributed by atoms with Crippen LogP contribution in [0.4, 0.5) is 5.69 Å². The minimum Gasteiger partial charge on any atom is -0.392 e. The van der Waals surface area contributed by atoms with Gasteiger partial charge in [-0.1, -0.05) is 30.3 Å². The van der Waals surface area contributed by atoms with Gasteiger partial charge >= 0.3 is 0 Å². The average Bonchev–Trinajstić information content (AvgIpc) is 2.62. The number of aromatic nitrogens is 1. The molecule has 0 saturated heterocycles. The van der Waals surface area contributed by atoms with Gasteiger partial charge in [-0.25, -0.2) is 0 Å². The first kappa shape index (κ1) is 16.1. The number of rotatable bonds is 5. The van der Waals surface area contributed by atoms with Gasteiger partial charge in [-0.15, -0.1) is 0 Å². The molecule has 5 heteroatoms. The Morgan fingerprint density at radius 3 is 2.83 bits per heavy atom. The van der Waals surface area contributed by atoms with Gasteiger partial charge in [0.1, 0.15) is 0 Å². The number of nitrogens with two attached hydrogens (primary N) is 1. The highest BCUT2D eigenvalue weighted by atomic mass is 16.3. The SMILES string of the molecule is NCC(C(=O)Nc1ccc2cnccc2c1)c1cccc(CO)c1. The lowest BCUT2D eigenvalue weighted by molar-refractivity contribution is -0.117. The lowest BCUT2D eigenvalue weighted by atomic mass is 9.96. The molecule has 0 radical (unpaired) electrons. The van der Waals surface area contributed by atoms with Crippen LogP contribution in [0.3, 0.4) is 0 Å². The van der Waals surface area contributed by atoms with Gasteiger partial charge in [0, 0.05) is 30.0 Å². The third-order valence-electron chi connectivity index (χ3n) is 4.00. The van der Waals surface area contributed by atoms with Gasteiger partial charge in [0.15, 0.2) is 0 Å². The summed E-state index contributed by atoms with van der Waals surface area (Å²) in [6, 6.07) is 14.9. The Bertz CT molecular complexity index is 864. The van der Waals surface area contributed by atoms with Crippen LogP contribution >= 0.6 is 0 Å². The number of hydrogen-bond donors (Lipinski definition) is 3. The maximum absolute atomic E-state index is 12.6. The summed E-state index contributed by atoms with van der Waals surface area (Å²) >= 11 is 0. The highest BCUT2D eigenvalue weighted by Crippen LogP contribution is 2.22. The zero-order valence-corrected chi connectivity index (χ0v) is 13.1. The summed E-state index contributed by atoms with van der Waals surface area (Å²) in [5.41, 5.74) is 8.09. The van der Waals surface area contributed by atoms with E-state index in [9.17, 15) is 9.90 Å². The molecule has 1 heterocycles. The van der Waals surface area contributed by atoms with Gasteiger partial charge in [-0.3, -0.25) is 9.78 Å². The molecule has 1 atom stereocenters. The Hall–Kier alpha value is -2.76. The molecule has 3 aromatic rings. The Labute approximate surface area is 140 Å². The molecule has 0 aliphatic carbocycles. The van der Waals surface area contributed by atoms with Gasteiger partial charge in [-0.2, -0.15) is 0 Å². The zero-order valence-electron chi connectivity index (χ0n) is 13.1. The highest BCUT2D eigenvalue weighted by Gasteiger charge is 2.19. The third kappa shape index (κ3) is 3.42. The lowest BCUT2D eigenvalue weighted by Crippen LogP contribution is -2.27. The van der Waals surface area contributed by atoms with Crippen molar-refractivity contribution in [1.82, 2.24) is 4.98 Å². The summed E-state index contributed by atoms with van der Waals surface area (Å²) in [4.78, 5) is 16.7. The second-order valence-electron chi connectivity index (χ2n) is 5.62. The molecule has 0 bridgehead atoms.